The maximum atomic E-state index is 13.3. The summed E-state index contributed by atoms with van der Waals surface area (Å²) in [4.78, 5) is 12.4. The molecular weight excluding hydrogens is 269 g/mol. The highest BCUT2D eigenvalue weighted by atomic mass is 19.1. The lowest BCUT2D eigenvalue weighted by Crippen LogP contribution is -2.57. The van der Waals surface area contributed by atoms with Crippen molar-refractivity contribution in [3.05, 3.63) is 35.6 Å². The average molecular weight is 291 g/mol. The molecule has 1 N–H and O–H groups in total. The Hall–Kier alpha value is -1.42. The topological polar surface area (TPSA) is 38.3 Å². The van der Waals surface area contributed by atoms with Gasteiger partial charge in [0.25, 0.3) is 0 Å². The number of carbonyl (C=O) groups excluding carboxylic acids is 1. The molecule has 1 heterocycles. The van der Waals surface area contributed by atoms with Gasteiger partial charge < -0.3 is 10.1 Å². The average Bonchev–Trinajstić information content (AvgIpc) is 2.46. The number of amides is 1. The van der Waals surface area contributed by atoms with Crippen LogP contribution in [0, 0.1) is 11.7 Å². The molecule has 1 atom stereocenters. The molecule has 3 nitrogen and oxygen atoms in total. The molecule has 0 unspecified atom stereocenters. The summed E-state index contributed by atoms with van der Waals surface area (Å²) < 4.78 is 18.7. The summed E-state index contributed by atoms with van der Waals surface area (Å²) in [6, 6.07) is 6.68. The Balaban J connectivity index is 1.64. The molecule has 0 spiro atoms. The van der Waals surface area contributed by atoms with E-state index in [9.17, 15) is 9.18 Å². The zero-order valence-corrected chi connectivity index (χ0v) is 12.2. The smallest absolute Gasteiger partial charge is 0.225 e. The van der Waals surface area contributed by atoms with E-state index in [1.807, 2.05) is 6.07 Å². The first kappa shape index (κ1) is 14.5. The van der Waals surface area contributed by atoms with E-state index in [1.165, 1.54) is 6.07 Å². The summed E-state index contributed by atoms with van der Waals surface area (Å²) in [6.45, 7) is 1.29. The fourth-order valence-corrected chi connectivity index (χ4v) is 3.30. The van der Waals surface area contributed by atoms with Crippen molar-refractivity contribution >= 4 is 5.91 Å². The van der Waals surface area contributed by atoms with E-state index < -0.39 is 0 Å². The summed E-state index contributed by atoms with van der Waals surface area (Å²) >= 11 is 0. The third-order valence-electron chi connectivity index (χ3n) is 4.66. The molecule has 0 bridgehead atoms. The second-order valence-corrected chi connectivity index (χ2v) is 6.34. The highest BCUT2D eigenvalue weighted by Crippen LogP contribution is 2.35. The molecule has 114 valence electrons. The summed E-state index contributed by atoms with van der Waals surface area (Å²) in [5.41, 5.74) is 0.775. The summed E-state index contributed by atoms with van der Waals surface area (Å²) in [5, 5.41) is 3.23. The maximum absolute atomic E-state index is 13.3. The lowest BCUT2D eigenvalue weighted by molar-refractivity contribution is -0.132. The predicted molar refractivity (Wildman–Crippen MR) is 78.4 cm³/mol. The Morgan fingerprint density at radius 3 is 2.86 bits per heavy atom. The zero-order chi connectivity index (χ0) is 14.7. The zero-order valence-electron chi connectivity index (χ0n) is 12.2. The minimum Gasteiger partial charge on any atom is -0.381 e. The lowest BCUT2D eigenvalue weighted by atomic mass is 9.72. The molecule has 21 heavy (non-hydrogen) atoms. The van der Waals surface area contributed by atoms with Crippen LogP contribution in [0.15, 0.2) is 24.3 Å². The van der Waals surface area contributed by atoms with Gasteiger partial charge >= 0.3 is 0 Å². The van der Waals surface area contributed by atoms with Gasteiger partial charge in [0, 0.05) is 12.1 Å². The standard InChI is InChI=1S/C17H22FNO2/c18-15-6-1-4-13(10-15)11-17(7-3-8-17)19-16(20)14-5-2-9-21-12-14/h1,4,6,10,14H,2-3,5,7-9,11-12H2,(H,19,20)/t14-/m0/s1. The van der Waals surface area contributed by atoms with Crippen LogP contribution in [-0.4, -0.2) is 24.7 Å². The van der Waals surface area contributed by atoms with Crippen LogP contribution in [0.4, 0.5) is 4.39 Å². The molecule has 1 amide bonds. The minimum atomic E-state index is -0.214. The molecule has 4 heteroatoms. The fraction of sp³-hybridized carbons (Fsp3) is 0.588. The molecule has 1 saturated carbocycles. The molecule has 0 radical (unpaired) electrons. The Kier molecular flexibility index (Phi) is 4.24. The molecule has 1 aliphatic heterocycles. The number of rotatable bonds is 4. The minimum absolute atomic E-state index is 0.0243. The Morgan fingerprint density at radius 1 is 1.38 bits per heavy atom. The number of ether oxygens (including phenoxy) is 1. The van der Waals surface area contributed by atoms with Crippen molar-refractivity contribution in [2.45, 2.75) is 44.1 Å². The number of carbonyl (C=O) groups is 1. The van der Waals surface area contributed by atoms with Gasteiger partial charge in [-0.15, -0.1) is 0 Å². The van der Waals surface area contributed by atoms with Gasteiger partial charge in [0.15, 0.2) is 0 Å². The van der Waals surface area contributed by atoms with Crippen LogP contribution in [0.1, 0.15) is 37.7 Å². The van der Waals surface area contributed by atoms with Crippen LogP contribution < -0.4 is 5.32 Å². The molecule has 2 aliphatic rings. The summed E-state index contributed by atoms with van der Waals surface area (Å²) in [5.74, 6) is -0.136. The van der Waals surface area contributed by atoms with Crippen molar-refractivity contribution in [1.29, 1.82) is 0 Å². The summed E-state index contributed by atoms with van der Waals surface area (Å²) in [7, 11) is 0. The van der Waals surface area contributed by atoms with Gasteiger partial charge in [-0.25, -0.2) is 4.39 Å². The number of halogens is 1. The van der Waals surface area contributed by atoms with E-state index in [-0.39, 0.29) is 23.2 Å². The van der Waals surface area contributed by atoms with Crippen molar-refractivity contribution in [3.63, 3.8) is 0 Å². The van der Waals surface area contributed by atoms with Gasteiger partial charge in [0.1, 0.15) is 5.82 Å². The second kappa shape index (κ2) is 6.14. The highest BCUT2D eigenvalue weighted by Gasteiger charge is 2.39. The first-order valence-electron chi connectivity index (χ1n) is 7.81. The van der Waals surface area contributed by atoms with Crippen molar-refractivity contribution in [2.24, 2.45) is 5.92 Å². The van der Waals surface area contributed by atoms with Crippen LogP contribution in [0.25, 0.3) is 0 Å². The fourth-order valence-electron chi connectivity index (χ4n) is 3.30. The van der Waals surface area contributed by atoms with Crippen molar-refractivity contribution in [3.8, 4) is 0 Å². The van der Waals surface area contributed by atoms with Crippen molar-refractivity contribution < 1.29 is 13.9 Å². The van der Waals surface area contributed by atoms with E-state index in [2.05, 4.69) is 5.32 Å². The molecular formula is C17H22FNO2. The lowest BCUT2D eigenvalue weighted by Gasteiger charge is -2.44. The van der Waals surface area contributed by atoms with Crippen LogP contribution in [0.5, 0.6) is 0 Å². The quantitative estimate of drug-likeness (QED) is 0.926. The second-order valence-electron chi connectivity index (χ2n) is 6.34. The van der Waals surface area contributed by atoms with E-state index in [0.717, 1.165) is 44.3 Å². The number of benzene rings is 1. The first-order chi connectivity index (χ1) is 10.2. The Bertz CT molecular complexity index is 507. The van der Waals surface area contributed by atoms with Crippen LogP contribution >= 0.6 is 0 Å². The van der Waals surface area contributed by atoms with Crippen LogP contribution in [0.3, 0.4) is 0 Å². The molecule has 1 aliphatic carbocycles. The van der Waals surface area contributed by atoms with Gasteiger partial charge in [-0.1, -0.05) is 12.1 Å². The van der Waals surface area contributed by atoms with E-state index >= 15 is 0 Å². The predicted octanol–water partition coefficient (Wildman–Crippen LogP) is 2.83. The van der Waals surface area contributed by atoms with E-state index in [1.54, 1.807) is 12.1 Å². The number of nitrogens with one attached hydrogen (secondary N) is 1. The van der Waals surface area contributed by atoms with Crippen molar-refractivity contribution in [2.75, 3.05) is 13.2 Å². The van der Waals surface area contributed by atoms with Gasteiger partial charge in [0.05, 0.1) is 12.5 Å². The third-order valence-corrected chi connectivity index (χ3v) is 4.66. The third kappa shape index (κ3) is 3.43. The number of hydrogen-bond acceptors (Lipinski definition) is 2. The Morgan fingerprint density at radius 2 is 2.24 bits per heavy atom. The van der Waals surface area contributed by atoms with Crippen LogP contribution in [0.2, 0.25) is 0 Å². The van der Waals surface area contributed by atoms with E-state index in [0.29, 0.717) is 13.0 Å². The van der Waals surface area contributed by atoms with Gasteiger partial charge in [-0.2, -0.15) is 0 Å². The Labute approximate surface area is 124 Å². The first-order valence-corrected chi connectivity index (χ1v) is 7.81. The SMILES string of the molecule is O=C(NC1(Cc2cccc(F)c2)CCC1)[C@H]1CCCOC1. The monoisotopic (exact) mass is 291 g/mol. The largest absolute Gasteiger partial charge is 0.381 e. The molecule has 2 fully saturated rings. The number of hydrogen-bond donors (Lipinski definition) is 1. The van der Waals surface area contributed by atoms with E-state index in [4.69, 9.17) is 4.74 Å². The highest BCUT2D eigenvalue weighted by molar-refractivity contribution is 5.79. The molecule has 0 aromatic heterocycles. The van der Waals surface area contributed by atoms with Gasteiger partial charge in [-0.05, 0) is 56.2 Å². The van der Waals surface area contributed by atoms with Gasteiger partial charge in [-0.3, -0.25) is 4.79 Å². The molecule has 1 aromatic rings. The van der Waals surface area contributed by atoms with Crippen molar-refractivity contribution in [1.82, 2.24) is 5.32 Å². The molecule has 1 saturated heterocycles. The molecule has 3 rings (SSSR count). The normalized spacial score (nSPS) is 24.1. The maximum Gasteiger partial charge on any atom is 0.225 e. The molecule has 1 aromatic carbocycles. The summed E-state index contributed by atoms with van der Waals surface area (Å²) in [6.07, 6.45) is 5.64. The van der Waals surface area contributed by atoms with Gasteiger partial charge in [0.2, 0.25) is 5.91 Å². The van der Waals surface area contributed by atoms with Crippen LogP contribution in [-0.2, 0) is 16.0 Å².